The number of likely N-dealkylation sites (tertiary alicyclic amines) is 1. The first-order chi connectivity index (χ1) is 7.50. The van der Waals surface area contributed by atoms with Gasteiger partial charge in [0.15, 0.2) is 0 Å². The molecular formula is C11H20N2O3. The predicted molar refractivity (Wildman–Crippen MR) is 59.8 cm³/mol. The van der Waals surface area contributed by atoms with Crippen LogP contribution in [0.2, 0.25) is 0 Å². The zero-order chi connectivity index (χ0) is 12.1. The van der Waals surface area contributed by atoms with Gasteiger partial charge in [0, 0.05) is 12.5 Å². The fourth-order valence-corrected chi connectivity index (χ4v) is 1.79. The molecule has 0 saturated carbocycles. The molecule has 1 aliphatic rings. The first kappa shape index (κ1) is 13.0. The van der Waals surface area contributed by atoms with Crippen LogP contribution < -0.4 is 5.32 Å². The van der Waals surface area contributed by atoms with Crippen LogP contribution in [-0.4, -0.2) is 41.6 Å². The maximum atomic E-state index is 11.3. The van der Waals surface area contributed by atoms with E-state index in [1.54, 1.807) is 0 Å². The van der Waals surface area contributed by atoms with E-state index in [1.165, 1.54) is 0 Å². The van der Waals surface area contributed by atoms with E-state index < -0.39 is 5.97 Å². The normalized spacial score (nSPS) is 22.1. The standard InChI is InChI=1S/C11H20N2O3/c1-8(2)10(14)12-7-13-5-3-4-9(6-13)11(15)16/h8-9H,3-7H2,1-2H3,(H,12,14)(H,15,16). The fourth-order valence-electron chi connectivity index (χ4n) is 1.79. The maximum Gasteiger partial charge on any atom is 0.307 e. The number of nitrogens with zero attached hydrogens (tertiary/aromatic N) is 1. The van der Waals surface area contributed by atoms with Crippen LogP contribution in [0.5, 0.6) is 0 Å². The Morgan fingerprint density at radius 1 is 1.50 bits per heavy atom. The Labute approximate surface area is 95.8 Å². The predicted octanol–water partition coefficient (Wildman–Crippen LogP) is 0.513. The van der Waals surface area contributed by atoms with Gasteiger partial charge in [0.05, 0.1) is 12.6 Å². The SMILES string of the molecule is CC(C)C(=O)NCN1CCCC(C(=O)O)C1. The van der Waals surface area contributed by atoms with Crippen molar-refractivity contribution in [2.45, 2.75) is 26.7 Å². The monoisotopic (exact) mass is 228 g/mol. The van der Waals surface area contributed by atoms with Crippen molar-refractivity contribution < 1.29 is 14.7 Å². The Balaban J connectivity index is 2.32. The molecule has 16 heavy (non-hydrogen) atoms. The maximum absolute atomic E-state index is 11.3. The molecule has 1 fully saturated rings. The van der Waals surface area contributed by atoms with Crippen LogP contribution in [0.3, 0.4) is 0 Å². The van der Waals surface area contributed by atoms with Gasteiger partial charge in [0.25, 0.3) is 0 Å². The van der Waals surface area contributed by atoms with E-state index in [1.807, 2.05) is 18.7 Å². The van der Waals surface area contributed by atoms with Crippen molar-refractivity contribution in [3.05, 3.63) is 0 Å². The molecule has 0 aromatic carbocycles. The number of rotatable bonds is 4. The highest BCUT2D eigenvalue weighted by Gasteiger charge is 2.25. The number of nitrogens with one attached hydrogen (secondary N) is 1. The van der Waals surface area contributed by atoms with Crippen molar-refractivity contribution in [2.24, 2.45) is 11.8 Å². The minimum atomic E-state index is -0.736. The van der Waals surface area contributed by atoms with Crippen LogP contribution in [-0.2, 0) is 9.59 Å². The number of carbonyl (C=O) groups is 2. The summed E-state index contributed by atoms with van der Waals surface area (Å²) in [6.07, 6.45) is 1.62. The van der Waals surface area contributed by atoms with Gasteiger partial charge in [-0.2, -0.15) is 0 Å². The van der Waals surface area contributed by atoms with E-state index in [2.05, 4.69) is 5.32 Å². The highest BCUT2D eigenvalue weighted by molar-refractivity contribution is 5.77. The fraction of sp³-hybridized carbons (Fsp3) is 0.818. The molecule has 0 aliphatic carbocycles. The number of carboxylic acids is 1. The average Bonchev–Trinajstić information content (AvgIpc) is 2.26. The van der Waals surface area contributed by atoms with Gasteiger partial charge in [-0.3, -0.25) is 14.5 Å². The van der Waals surface area contributed by atoms with Crippen molar-refractivity contribution in [3.8, 4) is 0 Å². The smallest absolute Gasteiger partial charge is 0.307 e. The molecule has 0 spiro atoms. The Kier molecular flexibility index (Phi) is 4.73. The number of piperidine rings is 1. The third-order valence-electron chi connectivity index (χ3n) is 2.86. The highest BCUT2D eigenvalue weighted by atomic mass is 16.4. The number of hydrogen-bond donors (Lipinski definition) is 2. The van der Waals surface area contributed by atoms with Gasteiger partial charge in [0.1, 0.15) is 0 Å². The Hall–Kier alpha value is -1.10. The highest BCUT2D eigenvalue weighted by Crippen LogP contribution is 2.15. The minimum Gasteiger partial charge on any atom is -0.481 e. The summed E-state index contributed by atoms with van der Waals surface area (Å²) in [5, 5.41) is 11.7. The van der Waals surface area contributed by atoms with Gasteiger partial charge in [-0.25, -0.2) is 0 Å². The van der Waals surface area contributed by atoms with E-state index in [0.717, 1.165) is 19.4 Å². The van der Waals surface area contributed by atoms with Gasteiger partial charge < -0.3 is 10.4 Å². The summed E-state index contributed by atoms with van der Waals surface area (Å²) < 4.78 is 0. The van der Waals surface area contributed by atoms with E-state index in [9.17, 15) is 9.59 Å². The van der Waals surface area contributed by atoms with Crippen molar-refractivity contribution in [1.82, 2.24) is 10.2 Å². The summed E-state index contributed by atoms with van der Waals surface area (Å²) in [4.78, 5) is 24.2. The minimum absolute atomic E-state index is 0.0115. The molecule has 1 atom stereocenters. The largest absolute Gasteiger partial charge is 0.481 e. The first-order valence-corrected chi connectivity index (χ1v) is 5.73. The van der Waals surface area contributed by atoms with Crippen molar-refractivity contribution in [1.29, 1.82) is 0 Å². The number of hydrogen-bond acceptors (Lipinski definition) is 3. The molecule has 0 aromatic heterocycles. The summed E-state index contributed by atoms with van der Waals surface area (Å²) in [6.45, 7) is 5.54. The van der Waals surface area contributed by atoms with Crippen LogP contribution in [0.4, 0.5) is 0 Å². The second kappa shape index (κ2) is 5.84. The second-order valence-electron chi connectivity index (χ2n) is 4.61. The molecule has 1 aliphatic heterocycles. The zero-order valence-electron chi connectivity index (χ0n) is 9.90. The van der Waals surface area contributed by atoms with Gasteiger partial charge in [-0.05, 0) is 19.4 Å². The topological polar surface area (TPSA) is 69.6 Å². The average molecular weight is 228 g/mol. The molecule has 5 nitrogen and oxygen atoms in total. The lowest BCUT2D eigenvalue weighted by molar-refractivity contribution is -0.143. The third-order valence-corrected chi connectivity index (χ3v) is 2.86. The van der Waals surface area contributed by atoms with E-state index >= 15 is 0 Å². The van der Waals surface area contributed by atoms with Crippen molar-refractivity contribution >= 4 is 11.9 Å². The Bertz CT molecular complexity index is 266. The molecule has 0 bridgehead atoms. The molecule has 5 heteroatoms. The molecule has 1 amide bonds. The summed E-state index contributed by atoms with van der Waals surface area (Å²) >= 11 is 0. The van der Waals surface area contributed by atoms with Crippen molar-refractivity contribution in [3.63, 3.8) is 0 Å². The molecule has 1 unspecified atom stereocenters. The molecule has 1 saturated heterocycles. The van der Waals surface area contributed by atoms with E-state index in [0.29, 0.717) is 13.2 Å². The van der Waals surface area contributed by atoms with Gasteiger partial charge in [-0.15, -0.1) is 0 Å². The molecule has 1 heterocycles. The second-order valence-corrected chi connectivity index (χ2v) is 4.61. The van der Waals surface area contributed by atoms with Crippen LogP contribution in [0.25, 0.3) is 0 Å². The number of amides is 1. The van der Waals surface area contributed by atoms with Gasteiger partial charge in [-0.1, -0.05) is 13.8 Å². The van der Waals surface area contributed by atoms with Crippen LogP contribution >= 0.6 is 0 Å². The van der Waals surface area contributed by atoms with Crippen LogP contribution in [0, 0.1) is 11.8 Å². The lowest BCUT2D eigenvalue weighted by Gasteiger charge is -2.30. The van der Waals surface area contributed by atoms with Crippen LogP contribution in [0.15, 0.2) is 0 Å². The summed E-state index contributed by atoms with van der Waals surface area (Å²) in [5.74, 6) is -1.04. The molecule has 1 rings (SSSR count). The first-order valence-electron chi connectivity index (χ1n) is 5.73. The van der Waals surface area contributed by atoms with E-state index in [-0.39, 0.29) is 17.7 Å². The van der Waals surface area contributed by atoms with Crippen molar-refractivity contribution in [2.75, 3.05) is 19.8 Å². The summed E-state index contributed by atoms with van der Waals surface area (Å²) in [6, 6.07) is 0. The molecule has 92 valence electrons. The van der Waals surface area contributed by atoms with Gasteiger partial charge in [0.2, 0.25) is 5.91 Å². The molecule has 0 radical (unpaired) electrons. The summed E-state index contributed by atoms with van der Waals surface area (Å²) in [5.41, 5.74) is 0. The number of carbonyl (C=O) groups excluding carboxylic acids is 1. The lowest BCUT2D eigenvalue weighted by atomic mass is 9.99. The zero-order valence-corrected chi connectivity index (χ0v) is 9.90. The lowest BCUT2D eigenvalue weighted by Crippen LogP contribution is -2.45. The molecule has 0 aromatic rings. The molecular weight excluding hydrogens is 208 g/mol. The summed E-state index contributed by atoms with van der Waals surface area (Å²) in [7, 11) is 0. The quantitative estimate of drug-likeness (QED) is 0.735. The van der Waals surface area contributed by atoms with Gasteiger partial charge >= 0.3 is 5.97 Å². The number of aliphatic carboxylic acids is 1. The number of carboxylic acid groups (broad SMARTS) is 1. The van der Waals surface area contributed by atoms with Crippen LogP contribution in [0.1, 0.15) is 26.7 Å². The Morgan fingerprint density at radius 2 is 2.19 bits per heavy atom. The Morgan fingerprint density at radius 3 is 2.75 bits per heavy atom. The van der Waals surface area contributed by atoms with E-state index in [4.69, 9.17) is 5.11 Å². The molecule has 2 N–H and O–H groups in total. The third kappa shape index (κ3) is 3.81.